The molecule has 120 valence electrons. The van der Waals surface area contributed by atoms with Crippen molar-refractivity contribution in [2.75, 3.05) is 5.32 Å². The van der Waals surface area contributed by atoms with Crippen LogP contribution in [0.3, 0.4) is 0 Å². The molecular weight excluding hydrogens is 348 g/mol. The first-order valence-corrected chi connectivity index (χ1v) is 9.88. The van der Waals surface area contributed by atoms with Gasteiger partial charge in [0.25, 0.3) is 5.91 Å². The Labute approximate surface area is 146 Å². The number of thiophene rings is 1. The van der Waals surface area contributed by atoms with Gasteiger partial charge in [0.15, 0.2) is 0 Å². The SMILES string of the molecule is CCCCc1nnc(NC(=O)c2sc(-c3ccsc3)nc2C)s1. The van der Waals surface area contributed by atoms with E-state index in [9.17, 15) is 4.79 Å². The standard InChI is InChI=1S/C15H16N4OS3/c1-3-4-5-11-18-19-15(22-11)17-13(20)12-9(2)16-14(23-12)10-6-7-21-8-10/h6-8H,3-5H2,1-2H3,(H,17,19,20). The molecule has 0 aliphatic carbocycles. The van der Waals surface area contributed by atoms with Gasteiger partial charge >= 0.3 is 0 Å². The van der Waals surface area contributed by atoms with E-state index in [2.05, 4.69) is 27.4 Å². The highest BCUT2D eigenvalue weighted by Crippen LogP contribution is 2.30. The third-order valence-corrected chi connectivity index (χ3v) is 5.99. The van der Waals surface area contributed by atoms with E-state index in [1.165, 1.54) is 22.7 Å². The number of rotatable bonds is 6. The van der Waals surface area contributed by atoms with Crippen LogP contribution in [-0.4, -0.2) is 21.1 Å². The smallest absolute Gasteiger partial charge is 0.269 e. The molecule has 0 spiro atoms. The molecule has 0 aromatic carbocycles. The van der Waals surface area contributed by atoms with Gasteiger partial charge in [-0.15, -0.1) is 21.5 Å². The number of unbranched alkanes of at least 4 members (excludes halogenated alkanes) is 1. The molecule has 0 fully saturated rings. The lowest BCUT2D eigenvalue weighted by molar-refractivity contribution is 0.102. The number of aryl methyl sites for hydroxylation is 2. The van der Waals surface area contributed by atoms with Crippen LogP contribution in [0.15, 0.2) is 16.8 Å². The molecular formula is C15H16N4OS3. The number of nitrogens with one attached hydrogen (secondary N) is 1. The molecule has 3 heterocycles. The van der Waals surface area contributed by atoms with Crippen LogP contribution in [0, 0.1) is 6.92 Å². The Morgan fingerprint density at radius 1 is 1.30 bits per heavy atom. The summed E-state index contributed by atoms with van der Waals surface area (Å²) in [5.41, 5.74) is 1.80. The summed E-state index contributed by atoms with van der Waals surface area (Å²) < 4.78 is 0. The average Bonchev–Trinajstić information content (AvgIpc) is 3.25. The van der Waals surface area contributed by atoms with E-state index in [4.69, 9.17) is 0 Å². The number of thiazole rings is 1. The highest BCUT2D eigenvalue weighted by atomic mass is 32.1. The second-order valence-electron chi connectivity index (χ2n) is 5.00. The van der Waals surface area contributed by atoms with E-state index in [0.717, 1.165) is 40.5 Å². The van der Waals surface area contributed by atoms with Gasteiger partial charge in [-0.1, -0.05) is 24.7 Å². The molecule has 0 unspecified atom stereocenters. The molecule has 23 heavy (non-hydrogen) atoms. The largest absolute Gasteiger partial charge is 0.296 e. The summed E-state index contributed by atoms with van der Waals surface area (Å²) in [6.07, 6.45) is 3.11. The molecule has 3 aromatic heterocycles. The van der Waals surface area contributed by atoms with Gasteiger partial charge in [0.2, 0.25) is 5.13 Å². The first-order valence-electron chi connectivity index (χ1n) is 7.31. The predicted molar refractivity (Wildman–Crippen MR) is 96.6 cm³/mol. The molecule has 1 amide bonds. The maximum Gasteiger partial charge on any atom is 0.269 e. The van der Waals surface area contributed by atoms with Gasteiger partial charge in [-0.05, 0) is 24.8 Å². The molecule has 0 aliphatic heterocycles. The van der Waals surface area contributed by atoms with Crippen LogP contribution in [0.4, 0.5) is 5.13 Å². The lowest BCUT2D eigenvalue weighted by Gasteiger charge is -1.98. The maximum atomic E-state index is 12.4. The second-order valence-corrected chi connectivity index (χ2v) is 7.85. The van der Waals surface area contributed by atoms with Crippen molar-refractivity contribution in [2.45, 2.75) is 33.1 Å². The van der Waals surface area contributed by atoms with Crippen molar-refractivity contribution < 1.29 is 4.79 Å². The normalized spacial score (nSPS) is 10.9. The number of nitrogens with zero attached hydrogens (tertiary/aromatic N) is 3. The van der Waals surface area contributed by atoms with Crippen molar-refractivity contribution in [1.82, 2.24) is 15.2 Å². The maximum absolute atomic E-state index is 12.4. The van der Waals surface area contributed by atoms with Gasteiger partial charge in [-0.2, -0.15) is 11.3 Å². The first kappa shape index (κ1) is 16.2. The summed E-state index contributed by atoms with van der Waals surface area (Å²) in [7, 11) is 0. The van der Waals surface area contributed by atoms with Gasteiger partial charge in [0.1, 0.15) is 14.9 Å². The van der Waals surface area contributed by atoms with Crippen molar-refractivity contribution in [3.63, 3.8) is 0 Å². The zero-order valence-electron chi connectivity index (χ0n) is 12.8. The van der Waals surface area contributed by atoms with Gasteiger partial charge < -0.3 is 0 Å². The average molecular weight is 365 g/mol. The topological polar surface area (TPSA) is 67.8 Å². The molecule has 0 atom stereocenters. The minimum absolute atomic E-state index is 0.167. The fourth-order valence-corrected chi connectivity index (χ4v) is 4.45. The number of carbonyl (C=O) groups excluding carboxylic acids is 1. The summed E-state index contributed by atoms with van der Waals surface area (Å²) in [4.78, 5) is 17.6. The summed E-state index contributed by atoms with van der Waals surface area (Å²) in [5, 5.41) is 17.4. The molecule has 3 rings (SSSR count). The van der Waals surface area contributed by atoms with Crippen LogP contribution >= 0.6 is 34.0 Å². The monoisotopic (exact) mass is 364 g/mol. The fourth-order valence-electron chi connectivity index (χ4n) is 2.00. The minimum atomic E-state index is -0.167. The number of hydrogen-bond acceptors (Lipinski definition) is 7. The Kier molecular flexibility index (Phi) is 5.14. The van der Waals surface area contributed by atoms with Crippen LogP contribution < -0.4 is 5.32 Å². The molecule has 0 bridgehead atoms. The highest BCUT2D eigenvalue weighted by Gasteiger charge is 2.18. The van der Waals surface area contributed by atoms with E-state index < -0.39 is 0 Å². The van der Waals surface area contributed by atoms with Crippen LogP contribution in [0.5, 0.6) is 0 Å². The third kappa shape index (κ3) is 3.82. The van der Waals surface area contributed by atoms with E-state index in [-0.39, 0.29) is 5.91 Å². The fraction of sp³-hybridized carbons (Fsp3) is 0.333. The number of anilines is 1. The molecule has 0 radical (unpaired) electrons. The summed E-state index contributed by atoms with van der Waals surface area (Å²) >= 11 is 4.46. The number of hydrogen-bond donors (Lipinski definition) is 1. The van der Waals surface area contributed by atoms with Gasteiger partial charge in [-0.3, -0.25) is 10.1 Å². The Hall–Kier alpha value is -1.64. The van der Waals surface area contributed by atoms with Gasteiger partial charge in [0.05, 0.1) is 5.69 Å². The van der Waals surface area contributed by atoms with E-state index in [0.29, 0.717) is 10.0 Å². The molecule has 0 saturated heterocycles. The van der Waals surface area contributed by atoms with Gasteiger partial charge in [-0.25, -0.2) is 4.98 Å². The Bertz CT molecular complexity index is 792. The van der Waals surface area contributed by atoms with E-state index >= 15 is 0 Å². The van der Waals surface area contributed by atoms with E-state index in [1.807, 2.05) is 23.8 Å². The molecule has 8 heteroatoms. The van der Waals surface area contributed by atoms with Gasteiger partial charge in [0, 0.05) is 17.4 Å². The summed E-state index contributed by atoms with van der Waals surface area (Å²) in [6, 6.07) is 2.01. The van der Waals surface area contributed by atoms with Crippen molar-refractivity contribution in [1.29, 1.82) is 0 Å². The summed E-state index contributed by atoms with van der Waals surface area (Å²) in [6.45, 7) is 4.00. The highest BCUT2D eigenvalue weighted by molar-refractivity contribution is 7.18. The quantitative estimate of drug-likeness (QED) is 0.692. The molecule has 5 nitrogen and oxygen atoms in total. The van der Waals surface area contributed by atoms with E-state index in [1.54, 1.807) is 11.3 Å². The van der Waals surface area contributed by atoms with Crippen molar-refractivity contribution in [3.8, 4) is 10.6 Å². The Balaban J connectivity index is 1.72. The lowest BCUT2D eigenvalue weighted by atomic mass is 10.3. The van der Waals surface area contributed by atoms with Crippen LogP contribution in [0.1, 0.15) is 40.1 Å². The second kappa shape index (κ2) is 7.29. The van der Waals surface area contributed by atoms with Crippen LogP contribution in [0.2, 0.25) is 0 Å². The minimum Gasteiger partial charge on any atom is -0.296 e. The third-order valence-electron chi connectivity index (χ3n) is 3.20. The molecule has 1 N–H and O–H groups in total. The lowest BCUT2D eigenvalue weighted by Crippen LogP contribution is -2.11. The molecule has 0 aliphatic rings. The molecule has 3 aromatic rings. The first-order chi connectivity index (χ1) is 11.2. The van der Waals surface area contributed by atoms with Crippen molar-refractivity contribution in [2.24, 2.45) is 0 Å². The zero-order valence-corrected chi connectivity index (χ0v) is 15.3. The Morgan fingerprint density at radius 2 is 2.17 bits per heavy atom. The molecule has 0 saturated carbocycles. The number of aromatic nitrogens is 3. The zero-order chi connectivity index (χ0) is 16.2. The number of amides is 1. The van der Waals surface area contributed by atoms with Crippen molar-refractivity contribution >= 4 is 45.0 Å². The number of carbonyl (C=O) groups is 1. The van der Waals surface area contributed by atoms with Crippen LogP contribution in [-0.2, 0) is 6.42 Å². The predicted octanol–water partition coefficient (Wildman–Crippen LogP) is 4.63. The summed E-state index contributed by atoms with van der Waals surface area (Å²) in [5.74, 6) is -0.167. The Morgan fingerprint density at radius 3 is 2.91 bits per heavy atom. The van der Waals surface area contributed by atoms with Crippen molar-refractivity contribution in [3.05, 3.63) is 32.4 Å². The van der Waals surface area contributed by atoms with Crippen LogP contribution in [0.25, 0.3) is 10.6 Å².